The Kier molecular flexibility index (Phi) is 2.50. The summed E-state index contributed by atoms with van der Waals surface area (Å²) in [6.07, 6.45) is 3.21. The second-order valence-electron chi connectivity index (χ2n) is 5.25. The van der Waals surface area contributed by atoms with E-state index in [1.807, 2.05) is 6.92 Å². The molecule has 0 aliphatic heterocycles. The normalized spacial score (nSPS) is 29.1. The van der Waals surface area contributed by atoms with Gasteiger partial charge in [-0.05, 0) is 31.6 Å². The minimum absolute atomic E-state index is 0.108. The van der Waals surface area contributed by atoms with Crippen molar-refractivity contribution < 1.29 is 5.11 Å². The molecule has 13 heavy (non-hydrogen) atoms. The van der Waals surface area contributed by atoms with E-state index in [4.69, 9.17) is 5.73 Å². The van der Waals surface area contributed by atoms with Crippen LogP contribution in [-0.2, 0) is 0 Å². The molecule has 0 heterocycles. The predicted molar refractivity (Wildman–Crippen MR) is 55.4 cm³/mol. The monoisotopic (exact) mass is 185 g/mol. The fraction of sp³-hybridized carbons (Fsp3) is 1.00. The molecule has 0 aromatic carbocycles. The molecular formula is C11H23NO. The van der Waals surface area contributed by atoms with E-state index in [-0.39, 0.29) is 10.8 Å². The summed E-state index contributed by atoms with van der Waals surface area (Å²) in [5.41, 5.74) is 5.11. The zero-order valence-electron chi connectivity index (χ0n) is 9.35. The van der Waals surface area contributed by atoms with Gasteiger partial charge < -0.3 is 10.8 Å². The first-order valence-electron chi connectivity index (χ1n) is 5.25. The predicted octanol–water partition coefficient (Wildman–Crippen LogP) is 1.91. The van der Waals surface area contributed by atoms with Crippen LogP contribution in [0, 0.1) is 10.8 Å². The number of aliphatic hydroxyl groups is 1. The van der Waals surface area contributed by atoms with Crippen LogP contribution in [0.3, 0.4) is 0 Å². The maximum absolute atomic E-state index is 10.6. The number of nitrogens with two attached hydrogens (primary N) is 1. The van der Waals surface area contributed by atoms with Crippen LogP contribution < -0.4 is 5.73 Å². The van der Waals surface area contributed by atoms with E-state index in [0.717, 1.165) is 19.3 Å². The molecule has 2 unspecified atom stereocenters. The van der Waals surface area contributed by atoms with Crippen molar-refractivity contribution in [3.8, 4) is 0 Å². The molecule has 0 aromatic heterocycles. The largest absolute Gasteiger partial charge is 0.389 e. The van der Waals surface area contributed by atoms with Gasteiger partial charge in [0.25, 0.3) is 0 Å². The molecule has 2 nitrogen and oxygen atoms in total. The molecule has 1 saturated carbocycles. The van der Waals surface area contributed by atoms with E-state index in [1.54, 1.807) is 0 Å². The van der Waals surface area contributed by atoms with E-state index in [1.165, 1.54) is 0 Å². The molecule has 2 heteroatoms. The van der Waals surface area contributed by atoms with Crippen LogP contribution in [0.1, 0.15) is 47.0 Å². The Bertz CT molecular complexity index is 190. The topological polar surface area (TPSA) is 46.2 Å². The highest BCUT2D eigenvalue weighted by Gasteiger charge is 2.59. The lowest BCUT2D eigenvalue weighted by molar-refractivity contribution is -0.110. The summed E-state index contributed by atoms with van der Waals surface area (Å²) in [4.78, 5) is 0. The number of hydrogen-bond acceptors (Lipinski definition) is 2. The third kappa shape index (κ3) is 1.40. The van der Waals surface area contributed by atoms with E-state index < -0.39 is 5.60 Å². The summed E-state index contributed by atoms with van der Waals surface area (Å²) in [6, 6.07) is 0. The van der Waals surface area contributed by atoms with E-state index >= 15 is 0 Å². The average molecular weight is 185 g/mol. The van der Waals surface area contributed by atoms with Gasteiger partial charge in [-0.15, -0.1) is 0 Å². The van der Waals surface area contributed by atoms with Crippen molar-refractivity contribution in [3.05, 3.63) is 0 Å². The van der Waals surface area contributed by atoms with Gasteiger partial charge in [0.1, 0.15) is 0 Å². The molecule has 1 aliphatic rings. The maximum Gasteiger partial charge on any atom is 0.0738 e. The summed E-state index contributed by atoms with van der Waals surface area (Å²) in [5.74, 6) is 0. The van der Waals surface area contributed by atoms with Crippen LogP contribution in [0.5, 0.6) is 0 Å². The first-order chi connectivity index (χ1) is 5.83. The van der Waals surface area contributed by atoms with Crippen LogP contribution in [0.4, 0.5) is 0 Å². The second-order valence-corrected chi connectivity index (χ2v) is 5.25. The van der Waals surface area contributed by atoms with Crippen molar-refractivity contribution in [3.63, 3.8) is 0 Å². The van der Waals surface area contributed by atoms with Gasteiger partial charge in [-0.1, -0.05) is 20.8 Å². The van der Waals surface area contributed by atoms with E-state index in [9.17, 15) is 5.11 Å². The van der Waals surface area contributed by atoms with Gasteiger partial charge in [-0.2, -0.15) is 0 Å². The molecule has 1 fully saturated rings. The van der Waals surface area contributed by atoms with Crippen molar-refractivity contribution >= 4 is 0 Å². The highest BCUT2D eigenvalue weighted by molar-refractivity contribution is 5.10. The SMILES string of the molecule is CCC(C)(CN)C(C)(O)C1(C)CC1. The smallest absolute Gasteiger partial charge is 0.0738 e. The third-order valence-electron chi connectivity index (χ3n) is 4.58. The highest BCUT2D eigenvalue weighted by atomic mass is 16.3. The Balaban J connectivity index is 2.89. The lowest BCUT2D eigenvalue weighted by Crippen LogP contribution is -2.53. The van der Waals surface area contributed by atoms with Gasteiger partial charge in [0.2, 0.25) is 0 Å². The lowest BCUT2D eigenvalue weighted by atomic mass is 9.65. The van der Waals surface area contributed by atoms with Crippen LogP contribution in [0.25, 0.3) is 0 Å². The summed E-state index contributed by atoms with van der Waals surface area (Å²) in [6.45, 7) is 8.88. The lowest BCUT2D eigenvalue weighted by Gasteiger charge is -2.46. The van der Waals surface area contributed by atoms with Gasteiger partial charge in [0.15, 0.2) is 0 Å². The molecule has 0 amide bonds. The summed E-state index contributed by atoms with van der Waals surface area (Å²) in [5, 5.41) is 10.6. The molecule has 2 atom stereocenters. The van der Waals surface area contributed by atoms with Crippen molar-refractivity contribution in [1.29, 1.82) is 0 Å². The Morgan fingerprint density at radius 2 is 1.85 bits per heavy atom. The molecule has 0 bridgehead atoms. The standard InChI is InChI=1S/C11H23NO/c1-5-9(2,8-12)11(4,13)10(3)6-7-10/h13H,5-8,12H2,1-4H3. The molecule has 0 saturated heterocycles. The molecular weight excluding hydrogens is 162 g/mol. The Morgan fingerprint density at radius 3 is 2.08 bits per heavy atom. The highest BCUT2D eigenvalue weighted by Crippen LogP contribution is 2.59. The molecule has 0 aromatic rings. The van der Waals surface area contributed by atoms with Crippen molar-refractivity contribution in [1.82, 2.24) is 0 Å². The Labute approximate surface area is 81.5 Å². The third-order valence-corrected chi connectivity index (χ3v) is 4.58. The van der Waals surface area contributed by atoms with Gasteiger partial charge in [0.05, 0.1) is 5.60 Å². The first kappa shape index (κ1) is 11.0. The van der Waals surface area contributed by atoms with E-state index in [0.29, 0.717) is 6.54 Å². The quantitative estimate of drug-likeness (QED) is 0.703. The summed E-state index contributed by atoms with van der Waals surface area (Å²) < 4.78 is 0. The van der Waals surface area contributed by atoms with Crippen LogP contribution >= 0.6 is 0 Å². The molecule has 1 rings (SSSR count). The van der Waals surface area contributed by atoms with Crippen molar-refractivity contribution in [2.24, 2.45) is 16.6 Å². The molecule has 1 aliphatic carbocycles. The maximum atomic E-state index is 10.6. The van der Waals surface area contributed by atoms with Gasteiger partial charge in [-0.3, -0.25) is 0 Å². The molecule has 3 N–H and O–H groups in total. The summed E-state index contributed by atoms with van der Waals surface area (Å²) >= 11 is 0. The van der Waals surface area contributed by atoms with Crippen molar-refractivity contribution in [2.75, 3.05) is 6.54 Å². The van der Waals surface area contributed by atoms with Crippen LogP contribution in [-0.4, -0.2) is 17.3 Å². The van der Waals surface area contributed by atoms with Gasteiger partial charge in [-0.25, -0.2) is 0 Å². The zero-order valence-corrected chi connectivity index (χ0v) is 9.35. The van der Waals surface area contributed by atoms with E-state index in [2.05, 4.69) is 20.8 Å². The zero-order chi connectivity index (χ0) is 10.3. The molecule has 78 valence electrons. The van der Waals surface area contributed by atoms with Gasteiger partial charge >= 0.3 is 0 Å². The van der Waals surface area contributed by atoms with Crippen molar-refractivity contribution in [2.45, 2.75) is 52.6 Å². The van der Waals surface area contributed by atoms with Crippen LogP contribution in [0.15, 0.2) is 0 Å². The Hall–Kier alpha value is -0.0800. The van der Waals surface area contributed by atoms with Crippen LogP contribution in [0.2, 0.25) is 0 Å². The fourth-order valence-corrected chi connectivity index (χ4v) is 2.09. The van der Waals surface area contributed by atoms with Gasteiger partial charge in [0, 0.05) is 12.0 Å². The summed E-state index contributed by atoms with van der Waals surface area (Å²) in [7, 11) is 0. The molecule has 0 spiro atoms. The molecule has 0 radical (unpaired) electrons. The minimum Gasteiger partial charge on any atom is -0.389 e. The second kappa shape index (κ2) is 2.96. The number of rotatable bonds is 4. The first-order valence-corrected chi connectivity index (χ1v) is 5.25. The number of hydrogen-bond donors (Lipinski definition) is 2. The average Bonchev–Trinajstić information content (AvgIpc) is 2.83. The Morgan fingerprint density at radius 1 is 1.38 bits per heavy atom. The minimum atomic E-state index is -0.622. The fourth-order valence-electron chi connectivity index (χ4n) is 2.09.